The molecule has 1 aromatic heterocycles. The minimum absolute atomic E-state index is 0.306. The predicted octanol–water partition coefficient (Wildman–Crippen LogP) is 4.63. The molecule has 0 saturated heterocycles. The van der Waals surface area contributed by atoms with Crippen LogP contribution in [-0.4, -0.2) is 10.2 Å². The fourth-order valence-electron chi connectivity index (χ4n) is 3.47. The number of aryl methyl sites for hydroxylation is 2. The lowest BCUT2D eigenvalue weighted by Gasteiger charge is -2.37. The van der Waals surface area contributed by atoms with Gasteiger partial charge in [0, 0.05) is 6.07 Å². The highest BCUT2D eigenvalue weighted by molar-refractivity contribution is 5.56. The molecule has 4 nitrogen and oxygen atoms in total. The molecule has 2 aromatic carbocycles. The first-order valence-electron chi connectivity index (χ1n) is 8.51. The number of hydrazine groups is 1. The number of fused-ring (bicyclic) bond motifs is 1. The zero-order valence-corrected chi connectivity index (χ0v) is 13.9. The number of aromatic nitrogens is 2. The second kappa shape index (κ2) is 6.40. The lowest BCUT2D eigenvalue weighted by atomic mass is 9.87. The highest BCUT2D eigenvalue weighted by atomic mass is 15.5. The molecule has 4 rings (SSSR count). The molecule has 24 heavy (non-hydrogen) atoms. The lowest BCUT2D eigenvalue weighted by Crippen LogP contribution is -2.36. The molecule has 1 aliphatic rings. The summed E-state index contributed by atoms with van der Waals surface area (Å²) in [5, 5.41) is 9.34. The molecule has 0 spiro atoms. The van der Waals surface area contributed by atoms with Gasteiger partial charge in [-0.25, -0.2) is 0 Å². The summed E-state index contributed by atoms with van der Waals surface area (Å²) in [6.45, 7) is 2.12. The number of H-pyrrole nitrogens is 1. The number of benzene rings is 2. The lowest BCUT2D eigenvalue weighted by molar-refractivity contribution is 0.542. The summed E-state index contributed by atoms with van der Waals surface area (Å²) in [6, 6.07) is 19.7. The van der Waals surface area contributed by atoms with E-state index >= 15 is 0 Å². The van der Waals surface area contributed by atoms with E-state index in [-0.39, 0.29) is 0 Å². The second-order valence-corrected chi connectivity index (χ2v) is 6.39. The molecular weight excluding hydrogens is 296 g/mol. The minimum atomic E-state index is 0.306. The fraction of sp³-hybridized carbons (Fsp3) is 0.250. The second-order valence-electron chi connectivity index (χ2n) is 6.39. The fourth-order valence-corrected chi connectivity index (χ4v) is 3.47. The van der Waals surface area contributed by atoms with Gasteiger partial charge < -0.3 is 0 Å². The van der Waals surface area contributed by atoms with Crippen LogP contribution in [0.3, 0.4) is 0 Å². The van der Waals surface area contributed by atoms with Crippen LogP contribution >= 0.6 is 0 Å². The Morgan fingerprint density at radius 2 is 1.92 bits per heavy atom. The van der Waals surface area contributed by atoms with Crippen molar-refractivity contribution in [2.45, 2.75) is 32.2 Å². The Kier molecular flexibility index (Phi) is 3.95. The zero-order chi connectivity index (χ0) is 16.4. The maximum Gasteiger partial charge on any atom is 0.140 e. The zero-order valence-electron chi connectivity index (χ0n) is 13.9. The Labute approximate surface area is 142 Å². The summed E-state index contributed by atoms with van der Waals surface area (Å²) in [7, 11) is 0. The Bertz CT molecular complexity index is 793. The van der Waals surface area contributed by atoms with E-state index in [2.05, 4.69) is 76.1 Å². The van der Waals surface area contributed by atoms with Gasteiger partial charge in [-0.05, 0) is 49.4 Å². The van der Waals surface area contributed by atoms with Gasteiger partial charge in [0.2, 0.25) is 0 Å². The van der Waals surface area contributed by atoms with E-state index in [4.69, 9.17) is 0 Å². The van der Waals surface area contributed by atoms with E-state index < -0.39 is 0 Å². The highest BCUT2D eigenvalue weighted by Crippen LogP contribution is 2.37. The third-order valence-electron chi connectivity index (χ3n) is 4.70. The average molecular weight is 318 g/mol. The number of hydrogen-bond donors (Lipinski definition) is 2. The van der Waals surface area contributed by atoms with Gasteiger partial charge in [0.05, 0.1) is 17.9 Å². The topological polar surface area (TPSA) is 44.0 Å². The first-order valence-corrected chi connectivity index (χ1v) is 8.51. The van der Waals surface area contributed by atoms with Gasteiger partial charge in [-0.15, -0.1) is 0 Å². The van der Waals surface area contributed by atoms with Gasteiger partial charge in [-0.2, -0.15) is 5.10 Å². The number of nitrogens with one attached hydrogen (secondary N) is 2. The van der Waals surface area contributed by atoms with Crippen molar-refractivity contribution in [3.63, 3.8) is 0 Å². The molecule has 2 N–H and O–H groups in total. The molecule has 1 aliphatic carbocycles. The monoisotopic (exact) mass is 318 g/mol. The summed E-state index contributed by atoms with van der Waals surface area (Å²) in [5.74, 6) is 0.902. The molecule has 0 fully saturated rings. The summed E-state index contributed by atoms with van der Waals surface area (Å²) < 4.78 is 0. The molecule has 1 atom stereocenters. The summed E-state index contributed by atoms with van der Waals surface area (Å²) in [5.41, 5.74) is 8.82. The van der Waals surface area contributed by atoms with E-state index in [0.717, 1.165) is 17.9 Å². The molecule has 3 aromatic rings. The number of anilines is 2. The third-order valence-corrected chi connectivity index (χ3v) is 4.70. The smallest absolute Gasteiger partial charge is 0.140 e. The maximum absolute atomic E-state index is 4.06. The third kappa shape index (κ3) is 2.87. The van der Waals surface area contributed by atoms with E-state index in [1.165, 1.54) is 29.5 Å². The van der Waals surface area contributed by atoms with Gasteiger partial charge in [0.25, 0.3) is 0 Å². The van der Waals surface area contributed by atoms with Gasteiger partial charge in [0.15, 0.2) is 0 Å². The molecule has 0 saturated carbocycles. The summed E-state index contributed by atoms with van der Waals surface area (Å²) in [4.78, 5) is 0. The van der Waals surface area contributed by atoms with Crippen LogP contribution in [0.4, 0.5) is 11.5 Å². The van der Waals surface area contributed by atoms with Crippen molar-refractivity contribution in [1.82, 2.24) is 10.2 Å². The first kappa shape index (κ1) is 14.8. The van der Waals surface area contributed by atoms with Crippen LogP contribution in [0.2, 0.25) is 0 Å². The Morgan fingerprint density at radius 1 is 1.08 bits per heavy atom. The van der Waals surface area contributed by atoms with Crippen LogP contribution in [0.1, 0.15) is 35.6 Å². The normalized spacial score (nSPS) is 16.5. The first-order chi connectivity index (χ1) is 11.8. The van der Waals surface area contributed by atoms with Crippen LogP contribution in [0.15, 0.2) is 60.8 Å². The maximum atomic E-state index is 4.06. The number of aromatic amines is 1. The van der Waals surface area contributed by atoms with Crippen molar-refractivity contribution < 1.29 is 0 Å². The molecule has 1 heterocycles. The van der Waals surface area contributed by atoms with Gasteiger partial charge in [0.1, 0.15) is 5.82 Å². The molecule has 1 unspecified atom stereocenters. The van der Waals surface area contributed by atoms with Crippen LogP contribution < -0.4 is 10.4 Å². The number of rotatable bonds is 4. The van der Waals surface area contributed by atoms with E-state index in [1.807, 2.05) is 6.07 Å². The standard InChI is InChI=1S/C20H22N4/c1-15-9-11-17(12-10-15)24(23-20-13-14-21-22-20)19-8-4-6-16-5-2-3-7-18(16)19/h2-3,5,7,9-14,19H,4,6,8H2,1H3,(H2,21,22,23). The molecule has 4 heteroatoms. The highest BCUT2D eigenvalue weighted by Gasteiger charge is 2.26. The van der Waals surface area contributed by atoms with E-state index in [9.17, 15) is 0 Å². The van der Waals surface area contributed by atoms with Crippen molar-refractivity contribution >= 4 is 11.5 Å². The Balaban J connectivity index is 1.74. The van der Waals surface area contributed by atoms with Crippen molar-refractivity contribution in [2.24, 2.45) is 0 Å². The molecule has 0 bridgehead atoms. The van der Waals surface area contributed by atoms with E-state index in [1.54, 1.807) is 6.20 Å². The van der Waals surface area contributed by atoms with E-state index in [0.29, 0.717) is 6.04 Å². The average Bonchev–Trinajstić information content (AvgIpc) is 3.13. The SMILES string of the molecule is Cc1ccc(N(Nc2ccn[nH]2)C2CCCc3ccccc32)cc1. The van der Waals surface area contributed by atoms with Crippen LogP contribution in [-0.2, 0) is 6.42 Å². The minimum Gasteiger partial charge on any atom is -0.281 e. The molecule has 122 valence electrons. The van der Waals surface area contributed by atoms with Gasteiger partial charge in [-0.3, -0.25) is 15.5 Å². The Hall–Kier alpha value is -2.75. The predicted molar refractivity (Wildman–Crippen MR) is 98.0 cm³/mol. The number of nitrogens with zero attached hydrogens (tertiary/aromatic N) is 2. The number of hydrogen-bond acceptors (Lipinski definition) is 3. The molecule has 0 amide bonds. The van der Waals surface area contributed by atoms with Crippen molar-refractivity contribution in [3.8, 4) is 0 Å². The van der Waals surface area contributed by atoms with Crippen LogP contribution in [0.25, 0.3) is 0 Å². The quantitative estimate of drug-likeness (QED) is 0.689. The van der Waals surface area contributed by atoms with Crippen molar-refractivity contribution in [2.75, 3.05) is 10.4 Å². The van der Waals surface area contributed by atoms with Gasteiger partial charge >= 0.3 is 0 Å². The molecule has 0 aliphatic heterocycles. The molecular formula is C20H22N4. The van der Waals surface area contributed by atoms with Gasteiger partial charge in [-0.1, -0.05) is 42.0 Å². The molecule has 0 radical (unpaired) electrons. The van der Waals surface area contributed by atoms with Crippen LogP contribution in [0, 0.1) is 6.92 Å². The summed E-state index contributed by atoms with van der Waals surface area (Å²) in [6.07, 6.45) is 5.27. The Morgan fingerprint density at radius 3 is 2.71 bits per heavy atom. The summed E-state index contributed by atoms with van der Waals surface area (Å²) >= 11 is 0. The van der Waals surface area contributed by atoms with Crippen molar-refractivity contribution in [3.05, 3.63) is 77.5 Å². The largest absolute Gasteiger partial charge is 0.281 e. The van der Waals surface area contributed by atoms with Crippen molar-refractivity contribution in [1.29, 1.82) is 0 Å². The van der Waals surface area contributed by atoms with Crippen LogP contribution in [0.5, 0.6) is 0 Å².